The standard InChI is InChI=1S/C19H30N4O2.C19H23N3O2.C18H28N4O2.C18H27N3O5S.C18H27N3O3.C17H25N3O3.CH4/c1-15(24)18(20)7-8-19(25)21-13-16-5-3-4-6-17(16)14-23-11-9-22(2)10-12-23;1-14(23)17(20)8-9-19(24)22-18-5-3-2-4-16(18)7-6-15-10-12-21-13-11-15;1-14(23)16(19)7-8-18(24)20-13-15-5-3-4-6-17(15)22-11-9-21(2)10-12-22;1-14(22)17(19)6-7-18(23)20-12-15-4-2-3-5-16(15)13-27(24,25)21-8-10-26-11-9-21;1-14(22)17(19)6-7-18(23)20-12-15-4-2-3-5-16(15)13-21-8-10-24-11-9-21;1-13(21)15(18)6-7-17(22)19-12-14-4-2-3-5-16(14)20-8-10-23-11-9-20;/h3-6,18H,7-14,20H2,1-2H3,(H,21,25);2-5,10-13,17H,6-9,20H2,1H3,(H,22,24);3-6,16H,7-13,19H2,1-2H3,(H,20,24);2-5,17H,6-13,19H2,1H3,(H,20,23);2-5,17H,6-13,19H2,1H3,(H,20,23);2-5,15H,6-12,18H2,1H3,(H,19,22);1H4/t18-;17-;16-;2*17-;15-;/m000000./s1. The van der Waals surface area contributed by atoms with Crippen LogP contribution in [0.4, 0.5) is 17.1 Å². The number of carbonyl (C=O) groups is 12. The van der Waals surface area contributed by atoms with Crippen molar-refractivity contribution in [2.45, 2.75) is 227 Å². The largest absolute Gasteiger partial charge is 0.379 e. The van der Waals surface area contributed by atoms with Crippen LogP contribution in [0, 0.1) is 0 Å². The van der Waals surface area contributed by atoms with Crippen molar-refractivity contribution in [3.05, 3.63) is 226 Å². The molecule has 12 rings (SSSR count). The molecule has 0 radical (unpaired) electrons. The summed E-state index contributed by atoms with van der Waals surface area (Å²) in [6.45, 7) is 29.1. The van der Waals surface area contributed by atoms with Gasteiger partial charge in [0.15, 0.2) is 0 Å². The van der Waals surface area contributed by atoms with Crippen LogP contribution in [0.15, 0.2) is 170 Å². The topological polar surface area (TPSA) is 531 Å². The molecule has 5 fully saturated rings. The van der Waals surface area contributed by atoms with Crippen LogP contribution in [0.25, 0.3) is 0 Å². The number of nitrogens with one attached hydrogen (secondary N) is 6. The highest BCUT2D eigenvalue weighted by Crippen LogP contribution is 2.26. The van der Waals surface area contributed by atoms with Crippen molar-refractivity contribution in [1.82, 2.24) is 55.5 Å². The van der Waals surface area contributed by atoms with Gasteiger partial charge in [-0.15, -0.1) is 0 Å². The van der Waals surface area contributed by atoms with Crippen LogP contribution in [-0.2, 0) is 146 Å². The predicted octanol–water partition coefficient (Wildman–Crippen LogP) is 6.46. The monoisotopic (exact) mass is 2070 g/mol. The van der Waals surface area contributed by atoms with Gasteiger partial charge in [0.25, 0.3) is 0 Å². The number of morpholine rings is 3. The number of likely N-dealkylation sites (N-methyl/N-ethyl adjacent to an activating group) is 2. The van der Waals surface area contributed by atoms with E-state index in [4.69, 9.17) is 48.6 Å². The number of pyridine rings is 1. The summed E-state index contributed by atoms with van der Waals surface area (Å²) in [4.78, 5) is 157. The van der Waals surface area contributed by atoms with E-state index in [0.717, 1.165) is 176 Å². The van der Waals surface area contributed by atoms with Crippen molar-refractivity contribution in [3.63, 3.8) is 0 Å². The number of sulfonamides is 1. The number of ether oxygens (including phenoxy) is 3. The van der Waals surface area contributed by atoms with Crippen LogP contribution >= 0.6 is 0 Å². The number of carbonyl (C=O) groups excluding carboxylic acids is 12. The number of nitrogens with zero attached hydrogens (tertiary/aromatic N) is 8. The number of Topliss-reactive ketones (excluding diaryl/α,β-unsaturated/α-hetero) is 6. The zero-order valence-corrected chi connectivity index (χ0v) is 88.0. The summed E-state index contributed by atoms with van der Waals surface area (Å²) in [6, 6.07) is 48.1. The minimum Gasteiger partial charge on any atom is -0.379 e. The van der Waals surface area contributed by atoms with Gasteiger partial charge in [-0.1, -0.05) is 135 Å². The number of hydrogen-bond donors (Lipinski definition) is 12. The van der Waals surface area contributed by atoms with Crippen molar-refractivity contribution in [2.75, 3.05) is 160 Å². The summed E-state index contributed by atoms with van der Waals surface area (Å²) in [7, 11) is 0.844. The lowest BCUT2D eigenvalue weighted by molar-refractivity contribution is -0.123. The minimum absolute atomic E-state index is 0. The molecule has 37 nitrogen and oxygen atoms in total. The first-order valence-electron chi connectivity index (χ1n) is 51.0. The highest BCUT2D eigenvalue weighted by Gasteiger charge is 2.28. The molecule has 6 heterocycles. The third-order valence-electron chi connectivity index (χ3n) is 26.1. The molecule has 0 unspecified atom stereocenters. The molecule has 18 N–H and O–H groups in total. The second kappa shape index (κ2) is 68.8. The van der Waals surface area contributed by atoms with Gasteiger partial charge in [-0.2, -0.15) is 4.31 Å². The summed E-state index contributed by atoms with van der Waals surface area (Å²) in [6.07, 6.45) is 8.93. The molecule has 0 aliphatic carbocycles. The number of rotatable bonds is 47. The van der Waals surface area contributed by atoms with E-state index in [9.17, 15) is 66.0 Å². The Morgan fingerprint density at radius 3 is 0.959 bits per heavy atom. The van der Waals surface area contributed by atoms with E-state index >= 15 is 0 Å². The molecule has 148 heavy (non-hydrogen) atoms. The maximum atomic E-state index is 12.6. The molecule has 38 heteroatoms. The van der Waals surface area contributed by atoms with E-state index in [1.54, 1.807) is 36.7 Å². The number of aryl methyl sites for hydroxylation is 2. The minimum atomic E-state index is -3.44. The Morgan fingerprint density at radius 2 is 0.595 bits per heavy atom. The molecule has 1 aromatic heterocycles. The number of piperazine rings is 2. The normalized spacial score (nSPS) is 15.7. The van der Waals surface area contributed by atoms with Gasteiger partial charge < -0.3 is 100 Å². The maximum Gasteiger partial charge on any atom is 0.224 e. The predicted molar refractivity (Wildman–Crippen MR) is 579 cm³/mol. The van der Waals surface area contributed by atoms with Crippen LogP contribution in [0.5, 0.6) is 0 Å². The fraction of sp³-hybridized carbons (Fsp3) is 0.518. The van der Waals surface area contributed by atoms with Gasteiger partial charge in [-0.05, 0) is 193 Å². The number of aromatic nitrogens is 1. The summed E-state index contributed by atoms with van der Waals surface area (Å²) in [5.74, 6) is -1.34. The molecule has 5 saturated heterocycles. The first-order valence-corrected chi connectivity index (χ1v) is 52.6. The molecule has 7 aromatic rings. The molecule has 0 spiro atoms. The van der Waals surface area contributed by atoms with Gasteiger partial charge in [-0.3, -0.25) is 72.3 Å². The van der Waals surface area contributed by atoms with E-state index < -0.39 is 46.3 Å². The smallest absolute Gasteiger partial charge is 0.224 e. The SMILES string of the molecule is C.CC(=O)[C@@H](N)CCC(=O)NCc1ccccc1CN1CCN(C)CC1.CC(=O)[C@@H](N)CCC(=O)NCc1ccccc1CN1CCOCC1.CC(=O)[C@@H](N)CCC(=O)NCc1ccccc1CS(=O)(=O)N1CCOCC1.CC(=O)[C@@H](N)CCC(=O)NCc1ccccc1N1CCN(C)CC1.CC(=O)[C@@H](N)CCC(=O)NCc1ccccc1N1CCOCC1.CC(=O)[C@@H](N)CCC(=O)Nc1ccccc1CCc1ccncc1. The second-order valence-electron chi connectivity index (χ2n) is 37.7. The number of ketones is 6. The summed E-state index contributed by atoms with van der Waals surface area (Å²) in [5, 5.41) is 17.4. The van der Waals surface area contributed by atoms with Crippen LogP contribution in [0.3, 0.4) is 0 Å². The Labute approximate surface area is 875 Å². The quantitative estimate of drug-likeness (QED) is 0.0194. The van der Waals surface area contributed by atoms with Gasteiger partial charge in [0.05, 0.1) is 81.6 Å². The lowest BCUT2D eigenvalue weighted by atomic mass is 10.0. The van der Waals surface area contributed by atoms with E-state index in [0.29, 0.717) is 90.1 Å². The lowest BCUT2D eigenvalue weighted by Gasteiger charge is -2.35. The number of benzene rings is 6. The zero-order chi connectivity index (χ0) is 107. The van der Waals surface area contributed by atoms with Crippen molar-refractivity contribution in [2.24, 2.45) is 34.4 Å². The first kappa shape index (κ1) is 125. The van der Waals surface area contributed by atoms with Gasteiger partial charge >= 0.3 is 0 Å². The van der Waals surface area contributed by atoms with Crippen molar-refractivity contribution < 1.29 is 80.2 Å². The van der Waals surface area contributed by atoms with Crippen LogP contribution in [0.2, 0.25) is 0 Å². The van der Waals surface area contributed by atoms with E-state index in [1.165, 1.54) is 68.2 Å². The van der Waals surface area contributed by atoms with Crippen LogP contribution < -0.4 is 76.1 Å². The third-order valence-corrected chi connectivity index (χ3v) is 27.9. The highest BCUT2D eigenvalue weighted by molar-refractivity contribution is 7.88. The van der Waals surface area contributed by atoms with E-state index in [-0.39, 0.29) is 135 Å². The van der Waals surface area contributed by atoms with Gasteiger partial charge in [0, 0.05) is 205 Å². The maximum absolute atomic E-state index is 12.6. The Balaban J connectivity index is 0.000000271. The fourth-order valence-electron chi connectivity index (χ4n) is 16.0. The van der Waals surface area contributed by atoms with Crippen LogP contribution in [-0.4, -0.2) is 289 Å². The summed E-state index contributed by atoms with van der Waals surface area (Å²) < 4.78 is 42.7. The zero-order valence-electron chi connectivity index (χ0n) is 87.2. The molecule has 6 aromatic carbocycles. The highest BCUT2D eigenvalue weighted by atomic mass is 32.2. The summed E-state index contributed by atoms with van der Waals surface area (Å²) >= 11 is 0. The van der Waals surface area contributed by atoms with Crippen LogP contribution in [0.1, 0.15) is 182 Å². The van der Waals surface area contributed by atoms with Gasteiger partial charge in [0.1, 0.15) is 34.7 Å². The number of nitrogens with two attached hydrogens (primary N) is 6. The van der Waals surface area contributed by atoms with Crippen molar-refractivity contribution in [1.29, 1.82) is 0 Å². The fourth-order valence-corrected chi connectivity index (χ4v) is 17.6. The molecule has 6 atom stereocenters. The van der Waals surface area contributed by atoms with Crippen molar-refractivity contribution >= 4 is 97.2 Å². The summed E-state index contributed by atoms with van der Waals surface area (Å²) in [5.41, 5.74) is 47.7. The van der Waals surface area contributed by atoms with Gasteiger partial charge in [0.2, 0.25) is 45.5 Å². The third kappa shape index (κ3) is 48.7. The van der Waals surface area contributed by atoms with Crippen molar-refractivity contribution in [3.8, 4) is 0 Å². The van der Waals surface area contributed by atoms with E-state index in [2.05, 4.69) is 117 Å². The lowest BCUT2D eigenvalue weighted by Crippen LogP contribution is -2.45. The van der Waals surface area contributed by atoms with E-state index in [1.807, 2.05) is 97.1 Å². The molecule has 6 amide bonds. The number of hydrogen-bond acceptors (Lipinski definition) is 30. The second-order valence-corrected chi connectivity index (χ2v) is 39.6. The molecule has 812 valence electrons. The molecule has 0 bridgehead atoms. The Bertz CT molecular complexity index is 5380. The average molecular weight is 2070 g/mol. The Kier molecular flexibility index (Phi) is 58.1. The molecule has 5 aliphatic rings. The Morgan fingerprint density at radius 1 is 0.318 bits per heavy atom. The molecule has 5 aliphatic heterocycles. The average Bonchev–Trinajstić information content (AvgIpc) is 0.818. The van der Waals surface area contributed by atoms with Gasteiger partial charge in [-0.25, -0.2) is 8.42 Å². The molecular weight excluding hydrogens is 1910 g/mol. The first-order chi connectivity index (χ1) is 70.4. The number of para-hydroxylation sites is 3. The molecule has 0 saturated carbocycles. The molecular formula is C110H164N20O17S. The number of amides is 6. The number of anilines is 3. The Hall–Kier alpha value is -11.7.